The summed E-state index contributed by atoms with van der Waals surface area (Å²) in [6.07, 6.45) is 4.18. The summed E-state index contributed by atoms with van der Waals surface area (Å²) < 4.78 is 5.82. The second-order valence-corrected chi connectivity index (χ2v) is 6.06. The van der Waals surface area contributed by atoms with Gasteiger partial charge in [-0.05, 0) is 62.3 Å². The average molecular weight is 289 g/mol. The van der Waals surface area contributed by atoms with Gasteiger partial charge in [0.25, 0.3) is 5.91 Å². The van der Waals surface area contributed by atoms with Gasteiger partial charge in [-0.15, -0.1) is 0 Å². The van der Waals surface area contributed by atoms with Crippen LogP contribution >= 0.6 is 0 Å². The zero-order valence-electron chi connectivity index (χ0n) is 12.5. The van der Waals surface area contributed by atoms with Crippen molar-refractivity contribution in [1.82, 2.24) is 4.90 Å². The van der Waals surface area contributed by atoms with Crippen molar-refractivity contribution in [2.75, 3.05) is 13.1 Å². The Kier molecular flexibility index (Phi) is 4.15. The molecular formula is C17H23NO3. The molecular weight excluding hydrogens is 266 g/mol. The second kappa shape index (κ2) is 6.06. The van der Waals surface area contributed by atoms with Crippen LogP contribution in [0.2, 0.25) is 0 Å². The summed E-state index contributed by atoms with van der Waals surface area (Å²) in [4.78, 5) is 14.1. The maximum Gasteiger partial charge on any atom is 0.263 e. The maximum absolute atomic E-state index is 12.3. The first-order valence-electron chi connectivity index (χ1n) is 7.91. The Balaban J connectivity index is 1.68. The number of aryl methyl sites for hydroxylation is 1. The summed E-state index contributed by atoms with van der Waals surface area (Å²) in [6.45, 7) is 3.51. The molecule has 1 saturated heterocycles. The minimum Gasteiger partial charge on any atom is -0.481 e. The highest BCUT2D eigenvalue weighted by molar-refractivity contribution is 5.81. The van der Waals surface area contributed by atoms with Gasteiger partial charge in [-0.25, -0.2) is 0 Å². The molecule has 4 heteroatoms. The van der Waals surface area contributed by atoms with Crippen molar-refractivity contribution in [3.05, 3.63) is 29.3 Å². The van der Waals surface area contributed by atoms with Gasteiger partial charge in [0.15, 0.2) is 6.10 Å². The summed E-state index contributed by atoms with van der Waals surface area (Å²) in [7, 11) is 0. The van der Waals surface area contributed by atoms with Crippen molar-refractivity contribution in [3.8, 4) is 5.75 Å². The maximum atomic E-state index is 12.3. The van der Waals surface area contributed by atoms with Crippen LogP contribution in [-0.4, -0.2) is 35.1 Å². The van der Waals surface area contributed by atoms with E-state index in [1.54, 1.807) is 0 Å². The van der Waals surface area contributed by atoms with Crippen LogP contribution < -0.4 is 4.74 Å². The standard InChI is InChI=1S/C17H23NO3/c1-12(17(20)18-9-2-3-10-18)21-14-7-8-15-13(11-14)5-4-6-16(15)19/h7-8,11-12,16,19H,2-6,9-10H2,1H3. The van der Waals surface area contributed by atoms with Gasteiger partial charge in [-0.1, -0.05) is 6.07 Å². The molecule has 2 unspecified atom stereocenters. The first-order chi connectivity index (χ1) is 10.1. The molecule has 1 aromatic carbocycles. The van der Waals surface area contributed by atoms with Gasteiger partial charge in [0.2, 0.25) is 0 Å². The molecule has 0 saturated carbocycles. The van der Waals surface area contributed by atoms with E-state index in [9.17, 15) is 9.90 Å². The number of aliphatic hydroxyl groups excluding tert-OH is 1. The third kappa shape index (κ3) is 3.05. The molecule has 0 aromatic heterocycles. The molecule has 1 amide bonds. The van der Waals surface area contributed by atoms with E-state index in [-0.39, 0.29) is 12.0 Å². The smallest absolute Gasteiger partial charge is 0.263 e. The molecule has 2 atom stereocenters. The largest absolute Gasteiger partial charge is 0.481 e. The van der Waals surface area contributed by atoms with Gasteiger partial charge in [-0.3, -0.25) is 4.79 Å². The Bertz CT molecular complexity index is 523. The van der Waals surface area contributed by atoms with E-state index in [2.05, 4.69) is 0 Å². The predicted octanol–water partition coefficient (Wildman–Crippen LogP) is 2.45. The van der Waals surface area contributed by atoms with E-state index in [0.29, 0.717) is 0 Å². The van der Waals surface area contributed by atoms with Gasteiger partial charge in [0.05, 0.1) is 6.10 Å². The molecule has 3 rings (SSSR count). The minimum absolute atomic E-state index is 0.0743. The lowest BCUT2D eigenvalue weighted by atomic mass is 9.89. The number of carbonyl (C=O) groups is 1. The monoisotopic (exact) mass is 289 g/mol. The molecule has 0 radical (unpaired) electrons. The summed E-state index contributed by atoms with van der Waals surface area (Å²) in [5.74, 6) is 0.799. The number of hydrogen-bond acceptors (Lipinski definition) is 3. The topological polar surface area (TPSA) is 49.8 Å². The lowest BCUT2D eigenvalue weighted by molar-refractivity contribution is -0.136. The Morgan fingerprint density at radius 1 is 1.33 bits per heavy atom. The normalized spacial score (nSPS) is 22.8. The molecule has 21 heavy (non-hydrogen) atoms. The summed E-state index contributed by atoms with van der Waals surface area (Å²) in [5, 5.41) is 9.96. The first-order valence-corrected chi connectivity index (χ1v) is 7.91. The number of rotatable bonds is 3. The lowest BCUT2D eigenvalue weighted by Crippen LogP contribution is -2.38. The summed E-state index contributed by atoms with van der Waals surface area (Å²) in [6, 6.07) is 5.77. The van der Waals surface area contributed by atoms with Crippen molar-refractivity contribution in [1.29, 1.82) is 0 Å². The highest BCUT2D eigenvalue weighted by atomic mass is 16.5. The molecule has 2 aliphatic rings. The molecule has 4 nitrogen and oxygen atoms in total. The van der Waals surface area contributed by atoms with E-state index < -0.39 is 6.10 Å². The molecule has 1 aliphatic carbocycles. The van der Waals surface area contributed by atoms with Crippen LogP contribution in [0.3, 0.4) is 0 Å². The fraction of sp³-hybridized carbons (Fsp3) is 0.588. The van der Waals surface area contributed by atoms with Gasteiger partial charge >= 0.3 is 0 Å². The number of benzene rings is 1. The van der Waals surface area contributed by atoms with Gasteiger partial charge < -0.3 is 14.7 Å². The molecule has 0 spiro atoms. The second-order valence-electron chi connectivity index (χ2n) is 6.06. The Morgan fingerprint density at radius 2 is 2.10 bits per heavy atom. The highest BCUT2D eigenvalue weighted by Crippen LogP contribution is 2.32. The van der Waals surface area contributed by atoms with Crippen molar-refractivity contribution in [3.63, 3.8) is 0 Å². The lowest BCUT2D eigenvalue weighted by Gasteiger charge is -2.24. The number of aliphatic hydroxyl groups is 1. The zero-order chi connectivity index (χ0) is 14.8. The third-order valence-corrected chi connectivity index (χ3v) is 4.48. The van der Waals surface area contributed by atoms with Gasteiger partial charge in [-0.2, -0.15) is 0 Å². The number of hydrogen-bond donors (Lipinski definition) is 1. The molecule has 1 heterocycles. The van der Waals surface area contributed by atoms with Crippen LogP contribution in [-0.2, 0) is 11.2 Å². The van der Waals surface area contributed by atoms with Crippen LogP contribution in [0.25, 0.3) is 0 Å². The van der Waals surface area contributed by atoms with Crippen LogP contribution in [0, 0.1) is 0 Å². The SMILES string of the molecule is CC(Oc1ccc2c(c1)CCCC2O)C(=O)N1CCCC1. The van der Waals surface area contributed by atoms with Crippen molar-refractivity contribution in [2.24, 2.45) is 0 Å². The fourth-order valence-electron chi connectivity index (χ4n) is 3.29. The number of likely N-dealkylation sites (tertiary alicyclic amines) is 1. The van der Waals surface area contributed by atoms with Gasteiger partial charge in [0.1, 0.15) is 5.75 Å². The Morgan fingerprint density at radius 3 is 2.86 bits per heavy atom. The van der Waals surface area contributed by atoms with Crippen molar-refractivity contribution >= 4 is 5.91 Å². The quantitative estimate of drug-likeness (QED) is 0.930. The summed E-state index contributed by atoms with van der Waals surface area (Å²) >= 11 is 0. The summed E-state index contributed by atoms with van der Waals surface area (Å²) in [5.41, 5.74) is 2.15. The minimum atomic E-state index is -0.449. The molecule has 1 aliphatic heterocycles. The van der Waals surface area contributed by atoms with Crippen LogP contribution in [0.1, 0.15) is 49.8 Å². The number of ether oxygens (including phenoxy) is 1. The predicted molar refractivity (Wildman–Crippen MR) is 80.2 cm³/mol. The zero-order valence-corrected chi connectivity index (χ0v) is 12.5. The van der Waals surface area contributed by atoms with Crippen molar-refractivity contribution < 1.29 is 14.6 Å². The first kappa shape index (κ1) is 14.4. The fourth-order valence-corrected chi connectivity index (χ4v) is 3.29. The molecule has 1 N–H and O–H groups in total. The molecule has 1 fully saturated rings. The van der Waals surface area contributed by atoms with E-state index in [4.69, 9.17) is 4.74 Å². The Hall–Kier alpha value is -1.55. The van der Waals surface area contributed by atoms with Gasteiger partial charge in [0, 0.05) is 13.1 Å². The van der Waals surface area contributed by atoms with Crippen LogP contribution in [0.4, 0.5) is 0 Å². The number of nitrogens with zero attached hydrogens (tertiary/aromatic N) is 1. The van der Waals surface area contributed by atoms with Crippen LogP contribution in [0.5, 0.6) is 5.75 Å². The van der Waals surface area contributed by atoms with Crippen LogP contribution in [0.15, 0.2) is 18.2 Å². The Labute approximate surface area is 125 Å². The highest BCUT2D eigenvalue weighted by Gasteiger charge is 2.25. The number of carbonyl (C=O) groups excluding carboxylic acids is 1. The molecule has 114 valence electrons. The molecule has 1 aromatic rings. The van der Waals surface area contributed by atoms with E-state index in [0.717, 1.165) is 62.1 Å². The van der Waals surface area contributed by atoms with E-state index in [1.807, 2.05) is 30.0 Å². The molecule has 0 bridgehead atoms. The van der Waals surface area contributed by atoms with E-state index >= 15 is 0 Å². The van der Waals surface area contributed by atoms with Crippen molar-refractivity contribution in [2.45, 2.75) is 51.2 Å². The number of fused-ring (bicyclic) bond motifs is 1. The number of amides is 1. The average Bonchev–Trinajstić information content (AvgIpc) is 3.00. The van der Waals surface area contributed by atoms with E-state index in [1.165, 1.54) is 0 Å². The third-order valence-electron chi connectivity index (χ3n) is 4.48.